The highest BCUT2D eigenvalue weighted by molar-refractivity contribution is 5.78. The number of rotatable bonds is 3. The Hall–Kier alpha value is -1.51. The third kappa shape index (κ3) is 2.99. The maximum Gasteiger partial charge on any atom is 0.161 e. The van der Waals surface area contributed by atoms with Gasteiger partial charge in [0.25, 0.3) is 0 Å². The molecule has 3 nitrogen and oxygen atoms in total. The Balaban J connectivity index is 2.15. The molecule has 0 aromatic heterocycles. The van der Waals surface area contributed by atoms with E-state index in [1.807, 2.05) is 25.1 Å². The van der Waals surface area contributed by atoms with Crippen LogP contribution in [0.2, 0.25) is 0 Å². The topological polar surface area (TPSA) is 35.5 Å². The molecule has 3 heteroatoms. The van der Waals surface area contributed by atoms with E-state index in [0.29, 0.717) is 13.2 Å². The van der Waals surface area contributed by atoms with E-state index in [1.54, 1.807) is 6.92 Å². The number of hydrogen-bond donors (Lipinski definition) is 0. The van der Waals surface area contributed by atoms with Gasteiger partial charge in [-0.3, -0.25) is 4.79 Å². The van der Waals surface area contributed by atoms with Crippen LogP contribution in [-0.4, -0.2) is 19.0 Å². The van der Waals surface area contributed by atoms with Gasteiger partial charge in [-0.15, -0.1) is 0 Å². The zero-order valence-electron chi connectivity index (χ0n) is 10.4. The third-order valence-electron chi connectivity index (χ3n) is 3.05. The molecule has 17 heavy (non-hydrogen) atoms. The SMILES string of the molecule is CC(=O)C(C)Cc1ccc2c(c1)OCCCO2. The fraction of sp³-hybridized carbons (Fsp3) is 0.500. The summed E-state index contributed by atoms with van der Waals surface area (Å²) in [7, 11) is 0. The van der Waals surface area contributed by atoms with Crippen LogP contribution in [0.4, 0.5) is 0 Å². The number of fused-ring (bicyclic) bond motifs is 1. The molecule has 0 saturated heterocycles. The standard InChI is InChI=1S/C14H18O3/c1-10(11(2)15)8-12-4-5-13-14(9-12)17-7-3-6-16-13/h4-5,9-10H,3,6-8H2,1-2H3. The van der Waals surface area contributed by atoms with Crippen LogP contribution < -0.4 is 9.47 Å². The number of ketones is 1. The molecule has 0 N–H and O–H groups in total. The second-order valence-corrected chi connectivity index (χ2v) is 4.55. The van der Waals surface area contributed by atoms with Gasteiger partial charge in [0.05, 0.1) is 13.2 Å². The molecule has 0 radical (unpaired) electrons. The smallest absolute Gasteiger partial charge is 0.161 e. The molecule has 1 aliphatic rings. The first-order valence-corrected chi connectivity index (χ1v) is 6.06. The predicted molar refractivity (Wildman–Crippen MR) is 65.6 cm³/mol. The van der Waals surface area contributed by atoms with Gasteiger partial charge in [-0.1, -0.05) is 13.0 Å². The summed E-state index contributed by atoms with van der Waals surface area (Å²) < 4.78 is 11.2. The van der Waals surface area contributed by atoms with E-state index in [-0.39, 0.29) is 11.7 Å². The summed E-state index contributed by atoms with van der Waals surface area (Å²) in [6, 6.07) is 5.93. The Kier molecular flexibility index (Phi) is 3.67. The first-order valence-electron chi connectivity index (χ1n) is 6.06. The van der Waals surface area contributed by atoms with Crippen molar-refractivity contribution in [2.75, 3.05) is 13.2 Å². The van der Waals surface area contributed by atoms with Crippen LogP contribution in [0.3, 0.4) is 0 Å². The van der Waals surface area contributed by atoms with Gasteiger partial charge in [0.1, 0.15) is 5.78 Å². The van der Waals surface area contributed by atoms with E-state index >= 15 is 0 Å². The van der Waals surface area contributed by atoms with Crippen LogP contribution in [0.1, 0.15) is 25.8 Å². The first-order chi connectivity index (χ1) is 8.16. The lowest BCUT2D eigenvalue weighted by Crippen LogP contribution is -2.09. The van der Waals surface area contributed by atoms with Gasteiger partial charge in [0.15, 0.2) is 11.5 Å². The molecule has 0 spiro atoms. The highest BCUT2D eigenvalue weighted by atomic mass is 16.5. The molecule has 1 aliphatic heterocycles. The molecule has 0 amide bonds. The van der Waals surface area contributed by atoms with Gasteiger partial charge in [0, 0.05) is 12.3 Å². The minimum absolute atomic E-state index is 0.0553. The molecule has 1 aromatic rings. The molecule has 0 bridgehead atoms. The second-order valence-electron chi connectivity index (χ2n) is 4.55. The van der Waals surface area contributed by atoms with Crippen LogP contribution in [0.25, 0.3) is 0 Å². The zero-order valence-corrected chi connectivity index (χ0v) is 10.4. The van der Waals surface area contributed by atoms with Gasteiger partial charge in [-0.2, -0.15) is 0 Å². The van der Waals surface area contributed by atoms with E-state index in [1.165, 1.54) is 0 Å². The number of carbonyl (C=O) groups is 1. The number of benzene rings is 1. The molecule has 92 valence electrons. The molecule has 1 aromatic carbocycles. The molecule has 1 atom stereocenters. The Morgan fingerprint density at radius 2 is 2.00 bits per heavy atom. The predicted octanol–water partition coefficient (Wildman–Crippen LogP) is 2.62. The monoisotopic (exact) mass is 234 g/mol. The lowest BCUT2D eigenvalue weighted by molar-refractivity contribution is -0.120. The zero-order chi connectivity index (χ0) is 12.3. The summed E-state index contributed by atoms with van der Waals surface area (Å²) in [5.41, 5.74) is 1.12. The average molecular weight is 234 g/mol. The Labute approximate surface area is 102 Å². The summed E-state index contributed by atoms with van der Waals surface area (Å²) in [5, 5.41) is 0. The van der Waals surface area contributed by atoms with Crippen molar-refractivity contribution in [3.05, 3.63) is 23.8 Å². The number of carbonyl (C=O) groups excluding carboxylic acids is 1. The van der Waals surface area contributed by atoms with Crippen LogP contribution in [-0.2, 0) is 11.2 Å². The molecule has 2 rings (SSSR count). The van der Waals surface area contributed by atoms with Crippen molar-refractivity contribution < 1.29 is 14.3 Å². The lowest BCUT2D eigenvalue weighted by Gasteiger charge is -2.11. The summed E-state index contributed by atoms with van der Waals surface area (Å²) in [6.45, 7) is 4.98. The van der Waals surface area contributed by atoms with Crippen molar-refractivity contribution in [3.63, 3.8) is 0 Å². The van der Waals surface area contributed by atoms with Gasteiger partial charge >= 0.3 is 0 Å². The van der Waals surface area contributed by atoms with Crippen LogP contribution in [0.15, 0.2) is 18.2 Å². The lowest BCUT2D eigenvalue weighted by atomic mass is 9.98. The maximum absolute atomic E-state index is 11.2. The third-order valence-corrected chi connectivity index (χ3v) is 3.05. The fourth-order valence-electron chi connectivity index (χ4n) is 1.83. The Bertz CT molecular complexity index is 412. The molecular formula is C14H18O3. The van der Waals surface area contributed by atoms with Crippen molar-refractivity contribution in [2.24, 2.45) is 5.92 Å². The van der Waals surface area contributed by atoms with Crippen molar-refractivity contribution in [1.82, 2.24) is 0 Å². The van der Waals surface area contributed by atoms with Gasteiger partial charge in [-0.25, -0.2) is 0 Å². The fourth-order valence-corrected chi connectivity index (χ4v) is 1.83. The van der Waals surface area contributed by atoms with Crippen LogP contribution >= 0.6 is 0 Å². The van der Waals surface area contributed by atoms with Crippen molar-refractivity contribution >= 4 is 5.78 Å². The highest BCUT2D eigenvalue weighted by Gasteiger charge is 2.13. The molecule has 0 fully saturated rings. The quantitative estimate of drug-likeness (QED) is 0.806. The molecule has 1 unspecified atom stereocenters. The first kappa shape index (κ1) is 12.0. The number of Topliss-reactive ketones (excluding diaryl/α,β-unsaturated/α-hetero) is 1. The normalized spacial score (nSPS) is 16.1. The van der Waals surface area contributed by atoms with Crippen LogP contribution in [0, 0.1) is 5.92 Å². The number of hydrogen-bond acceptors (Lipinski definition) is 3. The van der Waals surface area contributed by atoms with Gasteiger partial charge < -0.3 is 9.47 Å². The summed E-state index contributed by atoms with van der Waals surface area (Å²) in [5.74, 6) is 1.88. The second kappa shape index (κ2) is 5.21. The summed E-state index contributed by atoms with van der Waals surface area (Å²) in [4.78, 5) is 11.2. The minimum Gasteiger partial charge on any atom is -0.490 e. The molecule has 0 saturated carbocycles. The summed E-state index contributed by atoms with van der Waals surface area (Å²) >= 11 is 0. The Morgan fingerprint density at radius 1 is 1.29 bits per heavy atom. The van der Waals surface area contributed by atoms with Gasteiger partial charge in [-0.05, 0) is 31.0 Å². The van der Waals surface area contributed by atoms with E-state index in [2.05, 4.69) is 0 Å². The highest BCUT2D eigenvalue weighted by Crippen LogP contribution is 2.31. The van der Waals surface area contributed by atoms with E-state index in [4.69, 9.17) is 9.47 Å². The average Bonchev–Trinajstić information content (AvgIpc) is 2.53. The number of ether oxygens (including phenoxy) is 2. The molecular weight excluding hydrogens is 216 g/mol. The van der Waals surface area contributed by atoms with E-state index < -0.39 is 0 Å². The Morgan fingerprint density at radius 3 is 2.71 bits per heavy atom. The van der Waals surface area contributed by atoms with E-state index in [0.717, 1.165) is 29.9 Å². The minimum atomic E-state index is 0.0553. The largest absolute Gasteiger partial charge is 0.490 e. The van der Waals surface area contributed by atoms with Crippen molar-refractivity contribution in [1.29, 1.82) is 0 Å². The van der Waals surface area contributed by atoms with Crippen LogP contribution in [0.5, 0.6) is 11.5 Å². The molecule has 0 aliphatic carbocycles. The maximum atomic E-state index is 11.2. The van der Waals surface area contributed by atoms with Crippen molar-refractivity contribution in [3.8, 4) is 11.5 Å². The van der Waals surface area contributed by atoms with Crippen molar-refractivity contribution in [2.45, 2.75) is 26.7 Å². The summed E-state index contributed by atoms with van der Waals surface area (Å²) in [6.07, 6.45) is 1.67. The molecule has 1 heterocycles. The van der Waals surface area contributed by atoms with E-state index in [9.17, 15) is 4.79 Å². The van der Waals surface area contributed by atoms with Gasteiger partial charge in [0.2, 0.25) is 0 Å².